The van der Waals surface area contributed by atoms with Crippen LogP contribution in [0.1, 0.15) is 43.7 Å². The second-order valence-electron chi connectivity index (χ2n) is 7.51. The summed E-state index contributed by atoms with van der Waals surface area (Å²) in [5, 5.41) is 0. The topological polar surface area (TPSA) is 41.9 Å². The number of nitrogens with zero attached hydrogens (tertiary/aromatic N) is 2. The molecule has 0 saturated heterocycles. The van der Waals surface area contributed by atoms with Crippen molar-refractivity contribution < 1.29 is 13.9 Å². The molecule has 2 aliphatic carbocycles. The van der Waals surface area contributed by atoms with Crippen LogP contribution >= 0.6 is 15.9 Å². The van der Waals surface area contributed by atoms with E-state index in [0.29, 0.717) is 17.8 Å². The van der Waals surface area contributed by atoms with E-state index >= 15 is 0 Å². The molecule has 4 rings (SSSR count). The van der Waals surface area contributed by atoms with Crippen molar-refractivity contribution in [3.05, 3.63) is 33.5 Å². The Morgan fingerprint density at radius 1 is 1.36 bits per heavy atom. The number of likely N-dealkylation sites (N-methyl/N-ethyl adjacent to an activating group) is 1. The monoisotopic (exact) mass is 408 g/mol. The highest BCUT2D eigenvalue weighted by atomic mass is 79.9. The Morgan fingerprint density at radius 2 is 2.04 bits per heavy atom. The second kappa shape index (κ2) is 5.61. The van der Waals surface area contributed by atoms with Crippen LogP contribution in [0, 0.1) is 11.2 Å². The molecule has 1 saturated carbocycles. The maximum atomic E-state index is 14.7. The number of benzene rings is 1. The summed E-state index contributed by atoms with van der Waals surface area (Å²) in [7, 11) is 3.49. The Balaban J connectivity index is 1.95. The molecule has 0 aromatic heterocycles. The number of carbonyl (C=O) groups is 1. The number of hydrogen-bond acceptors (Lipinski definition) is 3. The Hall–Kier alpha value is -1.27. The van der Waals surface area contributed by atoms with Crippen molar-refractivity contribution in [3.8, 4) is 0 Å². The Kier molecular flexibility index (Phi) is 3.85. The van der Waals surface area contributed by atoms with Crippen molar-refractivity contribution in [3.63, 3.8) is 0 Å². The zero-order chi connectivity index (χ0) is 18.0. The summed E-state index contributed by atoms with van der Waals surface area (Å²) in [4.78, 5) is 20.0. The third kappa shape index (κ3) is 2.07. The van der Waals surface area contributed by atoms with Crippen molar-refractivity contribution in [2.45, 2.75) is 50.7 Å². The molecule has 3 aliphatic rings. The fourth-order valence-electron chi connectivity index (χ4n) is 5.07. The highest BCUT2D eigenvalue weighted by Crippen LogP contribution is 2.63. The molecule has 1 heterocycles. The summed E-state index contributed by atoms with van der Waals surface area (Å²) in [6.45, 7) is 1.85. The average Bonchev–Trinajstić information content (AvgIpc) is 3.01. The maximum absolute atomic E-state index is 14.7. The predicted molar refractivity (Wildman–Crippen MR) is 97.1 cm³/mol. The molecule has 1 amide bonds. The lowest BCUT2D eigenvalue weighted by molar-refractivity contribution is -0.137. The number of carbonyl (C=O) groups excluding carboxylic acids is 1. The number of fused-ring (bicyclic) bond motifs is 3. The first-order valence-corrected chi connectivity index (χ1v) is 9.50. The molecule has 134 valence electrons. The first kappa shape index (κ1) is 17.2. The van der Waals surface area contributed by atoms with E-state index < -0.39 is 5.54 Å². The van der Waals surface area contributed by atoms with Crippen LogP contribution in [0.3, 0.4) is 0 Å². The molecule has 1 aromatic carbocycles. The van der Waals surface area contributed by atoms with Gasteiger partial charge >= 0.3 is 0 Å². The summed E-state index contributed by atoms with van der Waals surface area (Å²) in [5.41, 5.74) is -0.0126. The third-order valence-corrected chi connectivity index (χ3v) is 7.16. The zero-order valence-corrected chi connectivity index (χ0v) is 16.3. The van der Waals surface area contributed by atoms with Crippen LogP contribution in [0.4, 0.5) is 4.39 Å². The Labute approximate surface area is 155 Å². The zero-order valence-electron chi connectivity index (χ0n) is 14.7. The highest BCUT2D eigenvalue weighted by Gasteiger charge is 2.67. The van der Waals surface area contributed by atoms with Crippen LogP contribution in [0.2, 0.25) is 0 Å². The molecule has 4 nitrogen and oxygen atoms in total. The van der Waals surface area contributed by atoms with Gasteiger partial charge in [-0.05, 0) is 56.7 Å². The van der Waals surface area contributed by atoms with Gasteiger partial charge < -0.3 is 9.64 Å². The van der Waals surface area contributed by atoms with E-state index in [1.807, 2.05) is 6.92 Å². The van der Waals surface area contributed by atoms with Gasteiger partial charge in [-0.15, -0.1) is 0 Å². The molecule has 0 N–H and O–H groups in total. The maximum Gasteiger partial charge on any atom is 0.260 e. The first-order chi connectivity index (χ1) is 11.9. The quantitative estimate of drug-likeness (QED) is 0.708. The van der Waals surface area contributed by atoms with E-state index in [9.17, 15) is 9.18 Å². The Bertz CT molecular complexity index is 786. The second-order valence-corrected chi connectivity index (χ2v) is 8.36. The van der Waals surface area contributed by atoms with E-state index in [4.69, 9.17) is 9.73 Å². The average molecular weight is 409 g/mol. The van der Waals surface area contributed by atoms with Gasteiger partial charge in [-0.2, -0.15) is 0 Å². The molecule has 1 atom stereocenters. The van der Waals surface area contributed by atoms with Gasteiger partial charge in [0.2, 0.25) is 0 Å². The molecular weight excluding hydrogens is 387 g/mol. The molecule has 2 spiro atoms. The van der Waals surface area contributed by atoms with Crippen molar-refractivity contribution in [2.75, 3.05) is 14.2 Å². The van der Waals surface area contributed by atoms with Gasteiger partial charge in [0.05, 0.1) is 6.10 Å². The van der Waals surface area contributed by atoms with E-state index in [1.54, 1.807) is 25.1 Å². The molecule has 1 fully saturated rings. The van der Waals surface area contributed by atoms with Crippen LogP contribution < -0.4 is 0 Å². The molecule has 1 unspecified atom stereocenters. The third-order valence-electron chi connectivity index (χ3n) is 6.50. The molecule has 1 aromatic rings. The molecule has 0 radical (unpaired) electrons. The lowest BCUT2D eigenvalue weighted by atomic mass is 9.61. The normalized spacial score (nSPS) is 34.1. The summed E-state index contributed by atoms with van der Waals surface area (Å²) >= 11 is 3.58. The van der Waals surface area contributed by atoms with Crippen LogP contribution in [-0.2, 0) is 21.5 Å². The molecular formula is C19H22BrFN2O2. The lowest BCUT2D eigenvalue weighted by Gasteiger charge is -2.45. The summed E-state index contributed by atoms with van der Waals surface area (Å²) < 4.78 is 21.0. The predicted octanol–water partition coefficient (Wildman–Crippen LogP) is 3.81. The molecule has 0 bridgehead atoms. The van der Waals surface area contributed by atoms with Gasteiger partial charge in [-0.25, -0.2) is 4.39 Å². The van der Waals surface area contributed by atoms with Crippen molar-refractivity contribution in [2.24, 2.45) is 10.4 Å². The number of rotatable bonds is 1. The molecule has 25 heavy (non-hydrogen) atoms. The van der Waals surface area contributed by atoms with Gasteiger partial charge in [0.25, 0.3) is 5.91 Å². The summed E-state index contributed by atoms with van der Waals surface area (Å²) in [6, 6.07) is 3.18. The molecule has 1 aliphatic heterocycles. The largest absolute Gasteiger partial charge is 0.381 e. The number of amidine groups is 1. The number of hydrogen-bond donors (Lipinski definition) is 0. The number of methoxy groups -OCH3 is 1. The minimum absolute atomic E-state index is 0.0362. The fraction of sp³-hybridized carbons (Fsp3) is 0.579. The van der Waals surface area contributed by atoms with Crippen molar-refractivity contribution >= 4 is 27.7 Å². The molecule has 6 heteroatoms. The smallest absolute Gasteiger partial charge is 0.260 e. The van der Waals surface area contributed by atoms with Gasteiger partial charge in [0.15, 0.2) is 5.54 Å². The highest BCUT2D eigenvalue weighted by molar-refractivity contribution is 9.10. The summed E-state index contributed by atoms with van der Waals surface area (Å²) in [6.07, 6.45) is 4.12. The standard InChI is InChI=1S/C19H22BrFN2O2/c1-11-22-19(17(24)23(11)2)16-13(15(21)5-4-14(16)20)10-18(19)8-6-12(25-3)7-9-18/h4-5,12H,6-10H2,1-3H3/t12-,18-,19?. The van der Waals surface area contributed by atoms with E-state index in [2.05, 4.69) is 15.9 Å². The first-order valence-electron chi connectivity index (χ1n) is 8.71. The minimum Gasteiger partial charge on any atom is -0.381 e. The van der Waals surface area contributed by atoms with Crippen molar-refractivity contribution in [1.82, 2.24) is 4.90 Å². The van der Waals surface area contributed by atoms with Crippen LogP contribution in [-0.4, -0.2) is 36.9 Å². The van der Waals surface area contributed by atoms with E-state index in [1.165, 1.54) is 6.07 Å². The van der Waals surface area contributed by atoms with Gasteiger partial charge in [0, 0.05) is 29.6 Å². The van der Waals surface area contributed by atoms with Crippen LogP contribution in [0.5, 0.6) is 0 Å². The van der Waals surface area contributed by atoms with Crippen LogP contribution in [0.25, 0.3) is 0 Å². The minimum atomic E-state index is -1.01. The number of amides is 1. The van der Waals surface area contributed by atoms with Gasteiger partial charge in [-0.1, -0.05) is 15.9 Å². The number of ether oxygens (including phenoxy) is 1. The van der Waals surface area contributed by atoms with E-state index in [0.717, 1.165) is 35.7 Å². The van der Waals surface area contributed by atoms with Gasteiger partial charge in [-0.3, -0.25) is 9.79 Å². The van der Waals surface area contributed by atoms with E-state index in [-0.39, 0.29) is 23.2 Å². The number of halogens is 2. The number of aliphatic imine (C=N–C) groups is 1. The Morgan fingerprint density at radius 3 is 2.60 bits per heavy atom. The summed E-state index contributed by atoms with van der Waals surface area (Å²) in [5.74, 6) is 0.423. The fourth-order valence-corrected chi connectivity index (χ4v) is 5.73. The van der Waals surface area contributed by atoms with Crippen molar-refractivity contribution in [1.29, 1.82) is 0 Å². The SMILES string of the molecule is CO[C@H]1CC[C@]2(CC1)Cc1c(F)ccc(Br)c1C21N=C(C)N(C)C1=O. The van der Waals surface area contributed by atoms with Crippen LogP contribution in [0.15, 0.2) is 21.6 Å². The lowest BCUT2D eigenvalue weighted by Crippen LogP contribution is -2.51. The van der Waals surface area contributed by atoms with Gasteiger partial charge in [0.1, 0.15) is 11.7 Å².